The van der Waals surface area contributed by atoms with Crippen LogP contribution in [0.4, 0.5) is 8.78 Å². The lowest BCUT2D eigenvalue weighted by molar-refractivity contribution is 0.0687. The molecule has 0 N–H and O–H groups in total. The maximum Gasteiger partial charge on any atom is 0.254 e. The van der Waals surface area contributed by atoms with E-state index < -0.39 is 11.3 Å². The Bertz CT molecular complexity index is 109. The molecular weight excluding hydrogens is 110 g/mol. The zero-order chi connectivity index (χ0) is 6.41. The lowest BCUT2D eigenvalue weighted by atomic mass is 10.1. The Morgan fingerprint density at radius 2 is 1.88 bits per heavy atom. The van der Waals surface area contributed by atoms with Crippen LogP contribution in [0.15, 0.2) is 0 Å². The molecule has 1 atom stereocenters. The summed E-state index contributed by atoms with van der Waals surface area (Å²) in [5.41, 5.74) is -0.646. The third kappa shape index (κ3) is 0.550. The monoisotopic (exact) mass is 120 g/mol. The normalized spacial score (nSPS) is 42.0. The van der Waals surface area contributed by atoms with E-state index in [0.717, 1.165) is 0 Å². The van der Waals surface area contributed by atoms with E-state index in [1.807, 2.05) is 0 Å². The zero-order valence-electron chi connectivity index (χ0n) is 5.17. The summed E-state index contributed by atoms with van der Waals surface area (Å²) in [6.45, 7) is 3.44. The van der Waals surface area contributed by atoms with Crippen LogP contribution in [0.25, 0.3) is 0 Å². The van der Waals surface area contributed by atoms with Crippen molar-refractivity contribution >= 4 is 0 Å². The fraction of sp³-hybridized carbons (Fsp3) is 1.00. The summed E-state index contributed by atoms with van der Waals surface area (Å²) in [6, 6.07) is 0. The van der Waals surface area contributed by atoms with Crippen molar-refractivity contribution in [3.8, 4) is 0 Å². The first-order chi connectivity index (χ1) is 3.52. The van der Waals surface area contributed by atoms with Gasteiger partial charge in [0, 0.05) is 11.8 Å². The van der Waals surface area contributed by atoms with Crippen LogP contribution in [-0.2, 0) is 0 Å². The van der Waals surface area contributed by atoms with Gasteiger partial charge < -0.3 is 0 Å². The van der Waals surface area contributed by atoms with Crippen molar-refractivity contribution in [2.75, 3.05) is 0 Å². The van der Waals surface area contributed by atoms with Gasteiger partial charge in [0.15, 0.2) is 0 Å². The van der Waals surface area contributed by atoms with E-state index in [0.29, 0.717) is 6.42 Å². The molecule has 0 aromatic heterocycles. The Morgan fingerprint density at radius 1 is 1.50 bits per heavy atom. The highest BCUT2D eigenvalue weighted by Gasteiger charge is 2.66. The van der Waals surface area contributed by atoms with Crippen molar-refractivity contribution in [2.24, 2.45) is 5.41 Å². The minimum Gasteiger partial charge on any atom is -0.206 e. The van der Waals surface area contributed by atoms with Gasteiger partial charge in [-0.1, -0.05) is 13.8 Å². The van der Waals surface area contributed by atoms with Crippen LogP contribution in [0.3, 0.4) is 0 Å². The molecule has 1 aliphatic rings. The van der Waals surface area contributed by atoms with Gasteiger partial charge in [-0.05, 0) is 6.42 Å². The van der Waals surface area contributed by atoms with Crippen LogP contribution in [0.5, 0.6) is 0 Å². The molecular formula is C6H10F2. The summed E-state index contributed by atoms with van der Waals surface area (Å²) < 4.78 is 24.4. The molecule has 0 radical (unpaired) electrons. The van der Waals surface area contributed by atoms with Gasteiger partial charge in [0.05, 0.1) is 0 Å². The van der Waals surface area contributed by atoms with Crippen LogP contribution in [-0.4, -0.2) is 5.92 Å². The largest absolute Gasteiger partial charge is 0.254 e. The molecule has 2 heteroatoms. The highest BCUT2D eigenvalue weighted by molar-refractivity contribution is 5.05. The molecule has 0 bridgehead atoms. The summed E-state index contributed by atoms with van der Waals surface area (Å²) in [7, 11) is 0. The summed E-state index contributed by atoms with van der Waals surface area (Å²) in [5, 5.41) is 0. The second kappa shape index (κ2) is 1.23. The van der Waals surface area contributed by atoms with Crippen molar-refractivity contribution in [1.82, 2.24) is 0 Å². The average molecular weight is 120 g/mol. The predicted octanol–water partition coefficient (Wildman–Crippen LogP) is 2.44. The number of hydrogen-bond acceptors (Lipinski definition) is 0. The van der Waals surface area contributed by atoms with E-state index in [1.54, 1.807) is 13.8 Å². The molecule has 0 heterocycles. The fourth-order valence-electron chi connectivity index (χ4n) is 0.829. The van der Waals surface area contributed by atoms with Crippen LogP contribution in [0.1, 0.15) is 26.7 Å². The Balaban J connectivity index is 2.55. The molecule has 0 aromatic carbocycles. The molecule has 0 aromatic rings. The van der Waals surface area contributed by atoms with E-state index in [9.17, 15) is 8.78 Å². The molecule has 1 aliphatic carbocycles. The summed E-state index contributed by atoms with van der Waals surface area (Å²) >= 11 is 0. The second-order valence-corrected chi connectivity index (χ2v) is 2.80. The van der Waals surface area contributed by atoms with Gasteiger partial charge in [-0.2, -0.15) is 0 Å². The molecule has 1 saturated carbocycles. The zero-order valence-corrected chi connectivity index (χ0v) is 5.17. The summed E-state index contributed by atoms with van der Waals surface area (Å²) in [4.78, 5) is 0. The van der Waals surface area contributed by atoms with E-state index in [2.05, 4.69) is 0 Å². The van der Waals surface area contributed by atoms with Crippen LogP contribution in [0.2, 0.25) is 0 Å². The third-order valence-electron chi connectivity index (χ3n) is 2.15. The van der Waals surface area contributed by atoms with Gasteiger partial charge in [0.2, 0.25) is 0 Å². The Hall–Kier alpha value is -0.140. The Labute approximate surface area is 47.9 Å². The smallest absolute Gasteiger partial charge is 0.206 e. The highest BCUT2D eigenvalue weighted by Crippen LogP contribution is 2.62. The minimum absolute atomic E-state index is 0.0938. The van der Waals surface area contributed by atoms with E-state index in [1.165, 1.54) is 0 Å². The van der Waals surface area contributed by atoms with Gasteiger partial charge in [-0.25, -0.2) is 8.78 Å². The topological polar surface area (TPSA) is 0 Å². The summed E-state index contributed by atoms with van der Waals surface area (Å²) in [6.07, 6.45) is 0.691. The lowest BCUT2D eigenvalue weighted by Gasteiger charge is -2.02. The molecule has 0 amide bonds. The number of halogens is 2. The van der Waals surface area contributed by atoms with Crippen molar-refractivity contribution in [3.63, 3.8) is 0 Å². The number of alkyl halides is 2. The van der Waals surface area contributed by atoms with Crippen molar-refractivity contribution < 1.29 is 8.78 Å². The first kappa shape index (κ1) is 5.99. The molecule has 1 unspecified atom stereocenters. The molecule has 0 aliphatic heterocycles. The molecule has 0 nitrogen and oxygen atoms in total. The first-order valence-corrected chi connectivity index (χ1v) is 2.90. The number of rotatable bonds is 1. The Kier molecular flexibility index (Phi) is 0.918. The van der Waals surface area contributed by atoms with E-state index >= 15 is 0 Å². The predicted molar refractivity (Wildman–Crippen MR) is 28.0 cm³/mol. The van der Waals surface area contributed by atoms with Crippen molar-refractivity contribution in [1.29, 1.82) is 0 Å². The van der Waals surface area contributed by atoms with Gasteiger partial charge in [-0.3, -0.25) is 0 Å². The first-order valence-electron chi connectivity index (χ1n) is 2.90. The maximum absolute atomic E-state index is 12.2. The van der Waals surface area contributed by atoms with Crippen molar-refractivity contribution in [3.05, 3.63) is 0 Å². The van der Waals surface area contributed by atoms with Crippen LogP contribution in [0, 0.1) is 5.41 Å². The second-order valence-electron chi connectivity index (χ2n) is 2.80. The van der Waals surface area contributed by atoms with Gasteiger partial charge >= 0.3 is 0 Å². The highest BCUT2D eigenvalue weighted by atomic mass is 19.3. The molecule has 0 saturated heterocycles. The minimum atomic E-state index is -2.35. The molecule has 48 valence electrons. The standard InChI is InChI=1S/C6H10F2/c1-3-5(2)4-6(5,7)8/h3-4H2,1-2H3. The summed E-state index contributed by atoms with van der Waals surface area (Å²) in [5.74, 6) is -2.35. The number of hydrogen-bond donors (Lipinski definition) is 0. The van der Waals surface area contributed by atoms with Crippen LogP contribution < -0.4 is 0 Å². The lowest BCUT2D eigenvalue weighted by Crippen LogP contribution is -2.03. The molecule has 1 fully saturated rings. The van der Waals surface area contributed by atoms with Gasteiger partial charge in [0.1, 0.15) is 0 Å². The quantitative estimate of drug-likeness (QED) is 0.498. The molecule has 0 spiro atoms. The third-order valence-corrected chi connectivity index (χ3v) is 2.15. The van der Waals surface area contributed by atoms with E-state index in [-0.39, 0.29) is 6.42 Å². The van der Waals surface area contributed by atoms with Gasteiger partial charge in [-0.15, -0.1) is 0 Å². The average Bonchev–Trinajstić information content (AvgIpc) is 2.10. The molecule has 1 rings (SSSR count). The molecule has 8 heavy (non-hydrogen) atoms. The Morgan fingerprint density at radius 3 is 1.88 bits per heavy atom. The van der Waals surface area contributed by atoms with Gasteiger partial charge in [0.25, 0.3) is 5.92 Å². The SMILES string of the molecule is CCC1(C)CC1(F)F. The van der Waals surface area contributed by atoms with E-state index in [4.69, 9.17) is 0 Å². The fourth-order valence-corrected chi connectivity index (χ4v) is 0.829. The van der Waals surface area contributed by atoms with Crippen LogP contribution >= 0.6 is 0 Å². The maximum atomic E-state index is 12.2. The van der Waals surface area contributed by atoms with Crippen molar-refractivity contribution in [2.45, 2.75) is 32.6 Å².